The summed E-state index contributed by atoms with van der Waals surface area (Å²) in [4.78, 5) is 24.0. The van der Waals surface area contributed by atoms with Gasteiger partial charge in [0.1, 0.15) is 5.75 Å². The van der Waals surface area contributed by atoms with Gasteiger partial charge in [-0.15, -0.1) is 0 Å². The molecule has 1 aromatic rings. The summed E-state index contributed by atoms with van der Waals surface area (Å²) in [5.74, 6) is 0.815. The van der Waals surface area contributed by atoms with Crippen molar-refractivity contribution < 1.29 is 14.3 Å². The molecule has 0 bridgehead atoms. The number of hydrogen-bond acceptors (Lipinski definition) is 4. The maximum Gasteiger partial charge on any atom is 0.220 e. The third-order valence-corrected chi connectivity index (χ3v) is 4.30. The highest BCUT2D eigenvalue weighted by Crippen LogP contribution is 2.31. The van der Waals surface area contributed by atoms with Gasteiger partial charge in [-0.2, -0.15) is 0 Å². The molecule has 120 valence electrons. The van der Waals surface area contributed by atoms with Gasteiger partial charge in [-0.3, -0.25) is 9.59 Å². The van der Waals surface area contributed by atoms with Crippen molar-refractivity contribution >= 4 is 27.6 Å². The number of rotatable bonds is 8. The van der Waals surface area contributed by atoms with Gasteiger partial charge in [-0.25, -0.2) is 0 Å². The highest BCUT2D eigenvalue weighted by Gasteiger charge is 2.28. The molecule has 1 atom stereocenters. The van der Waals surface area contributed by atoms with Gasteiger partial charge in [0.25, 0.3) is 0 Å². The van der Waals surface area contributed by atoms with E-state index in [1.807, 2.05) is 6.07 Å². The predicted octanol–water partition coefficient (Wildman–Crippen LogP) is 2.27. The molecule has 3 N–H and O–H groups in total. The van der Waals surface area contributed by atoms with E-state index in [1.165, 1.54) is 7.11 Å². The Morgan fingerprint density at radius 1 is 1.41 bits per heavy atom. The highest BCUT2D eigenvalue weighted by atomic mass is 79.9. The molecule has 5 nitrogen and oxygen atoms in total. The summed E-state index contributed by atoms with van der Waals surface area (Å²) in [5.41, 5.74) is 6.41. The minimum Gasteiger partial charge on any atom is -0.496 e. The molecule has 1 amide bonds. The van der Waals surface area contributed by atoms with Crippen LogP contribution in [0.15, 0.2) is 22.7 Å². The summed E-state index contributed by atoms with van der Waals surface area (Å²) in [6, 6.07) is 5.28. The Morgan fingerprint density at radius 2 is 2.14 bits per heavy atom. The van der Waals surface area contributed by atoms with Crippen molar-refractivity contribution in [1.29, 1.82) is 0 Å². The average Bonchev–Trinajstić information content (AvgIpc) is 3.35. The van der Waals surface area contributed by atoms with Crippen LogP contribution in [0, 0.1) is 5.92 Å². The molecule has 1 aliphatic rings. The Bertz CT molecular complexity index is 558. The van der Waals surface area contributed by atoms with E-state index in [-0.39, 0.29) is 30.6 Å². The topological polar surface area (TPSA) is 81.4 Å². The number of ether oxygens (including phenoxy) is 1. The van der Waals surface area contributed by atoms with Crippen molar-refractivity contribution in [3.8, 4) is 5.75 Å². The molecule has 0 radical (unpaired) electrons. The maximum atomic E-state index is 12.2. The molecule has 0 saturated heterocycles. The van der Waals surface area contributed by atoms with E-state index in [0.717, 1.165) is 17.3 Å². The van der Waals surface area contributed by atoms with Crippen LogP contribution in [-0.2, 0) is 4.79 Å². The van der Waals surface area contributed by atoms with Crippen LogP contribution in [0.4, 0.5) is 0 Å². The van der Waals surface area contributed by atoms with Crippen molar-refractivity contribution in [2.24, 2.45) is 11.7 Å². The summed E-state index contributed by atoms with van der Waals surface area (Å²) in [5, 5.41) is 2.79. The zero-order valence-corrected chi connectivity index (χ0v) is 14.2. The van der Waals surface area contributed by atoms with Crippen LogP contribution < -0.4 is 15.8 Å². The smallest absolute Gasteiger partial charge is 0.220 e. The molecule has 22 heavy (non-hydrogen) atoms. The second kappa shape index (κ2) is 7.74. The van der Waals surface area contributed by atoms with Crippen molar-refractivity contribution in [1.82, 2.24) is 5.32 Å². The Hall–Kier alpha value is -1.40. The SMILES string of the molecule is COc1ccc(Br)cc1C(=O)CCC(=O)NCC(N)C1CC1. The van der Waals surface area contributed by atoms with Crippen molar-refractivity contribution in [2.75, 3.05) is 13.7 Å². The van der Waals surface area contributed by atoms with Gasteiger partial charge in [-0.1, -0.05) is 15.9 Å². The first kappa shape index (κ1) is 17.0. The molecule has 1 aliphatic carbocycles. The van der Waals surface area contributed by atoms with Crippen LogP contribution in [0.5, 0.6) is 5.75 Å². The molecule has 1 fully saturated rings. The van der Waals surface area contributed by atoms with Crippen LogP contribution in [0.25, 0.3) is 0 Å². The molecule has 0 heterocycles. The second-order valence-electron chi connectivity index (χ2n) is 5.57. The van der Waals surface area contributed by atoms with Crippen molar-refractivity contribution in [3.63, 3.8) is 0 Å². The standard InChI is InChI=1S/C16H21BrN2O3/c1-22-15-6-4-11(17)8-12(15)14(20)5-7-16(21)19-9-13(18)10-2-3-10/h4,6,8,10,13H,2-3,5,7,9,18H2,1H3,(H,19,21). The summed E-state index contributed by atoms with van der Waals surface area (Å²) in [7, 11) is 1.52. The van der Waals surface area contributed by atoms with Gasteiger partial charge in [0.05, 0.1) is 12.7 Å². The zero-order chi connectivity index (χ0) is 16.1. The molecule has 6 heteroatoms. The molecule has 2 rings (SSSR count). The minimum absolute atomic E-state index is 0.0322. The quantitative estimate of drug-likeness (QED) is 0.689. The number of carbonyl (C=O) groups is 2. The molecule has 1 aromatic carbocycles. The first-order valence-corrected chi connectivity index (χ1v) is 8.19. The van der Waals surface area contributed by atoms with Gasteiger partial charge < -0.3 is 15.8 Å². The third-order valence-electron chi connectivity index (χ3n) is 3.80. The van der Waals surface area contributed by atoms with Gasteiger partial charge >= 0.3 is 0 Å². The molecular weight excluding hydrogens is 348 g/mol. The third kappa shape index (κ3) is 4.81. The number of Topliss-reactive ketones (excluding diaryl/α,β-unsaturated/α-hetero) is 1. The van der Waals surface area contributed by atoms with Crippen molar-refractivity contribution in [2.45, 2.75) is 31.7 Å². The van der Waals surface area contributed by atoms with E-state index in [2.05, 4.69) is 21.2 Å². The normalized spacial score (nSPS) is 15.2. The van der Waals surface area contributed by atoms with Gasteiger partial charge in [0, 0.05) is 29.9 Å². The van der Waals surface area contributed by atoms with Crippen LogP contribution in [0.2, 0.25) is 0 Å². The number of halogens is 1. The molecule has 1 unspecified atom stereocenters. The van der Waals surface area contributed by atoms with E-state index in [1.54, 1.807) is 12.1 Å². The Balaban J connectivity index is 1.81. The highest BCUT2D eigenvalue weighted by molar-refractivity contribution is 9.10. The average molecular weight is 369 g/mol. The first-order valence-electron chi connectivity index (χ1n) is 7.40. The fourth-order valence-electron chi connectivity index (χ4n) is 2.27. The summed E-state index contributed by atoms with van der Waals surface area (Å²) >= 11 is 3.33. The predicted molar refractivity (Wildman–Crippen MR) is 88.0 cm³/mol. The zero-order valence-electron chi connectivity index (χ0n) is 12.6. The van der Waals surface area contributed by atoms with E-state index >= 15 is 0 Å². The maximum absolute atomic E-state index is 12.2. The summed E-state index contributed by atoms with van der Waals surface area (Å²) in [6.07, 6.45) is 2.61. The van der Waals surface area contributed by atoms with Gasteiger partial charge in [0.15, 0.2) is 5.78 Å². The number of ketones is 1. The summed E-state index contributed by atoms with van der Waals surface area (Å²) in [6.45, 7) is 0.484. The Labute approximate surface area is 138 Å². The largest absolute Gasteiger partial charge is 0.496 e. The number of nitrogens with two attached hydrogens (primary N) is 1. The summed E-state index contributed by atoms with van der Waals surface area (Å²) < 4.78 is 5.98. The van der Waals surface area contributed by atoms with E-state index in [0.29, 0.717) is 23.8 Å². The lowest BCUT2D eigenvalue weighted by molar-refractivity contribution is -0.121. The van der Waals surface area contributed by atoms with Gasteiger partial charge in [0.2, 0.25) is 5.91 Å². The van der Waals surface area contributed by atoms with Crippen LogP contribution in [-0.4, -0.2) is 31.4 Å². The van der Waals surface area contributed by atoms with E-state index < -0.39 is 0 Å². The molecule has 0 aliphatic heterocycles. The number of carbonyl (C=O) groups excluding carboxylic acids is 2. The minimum atomic E-state index is -0.140. The number of amides is 1. The lowest BCUT2D eigenvalue weighted by atomic mass is 10.1. The monoisotopic (exact) mass is 368 g/mol. The molecule has 1 saturated carbocycles. The fourth-order valence-corrected chi connectivity index (χ4v) is 2.63. The van der Waals surface area contributed by atoms with Crippen LogP contribution >= 0.6 is 15.9 Å². The number of benzene rings is 1. The fraction of sp³-hybridized carbons (Fsp3) is 0.500. The van der Waals surface area contributed by atoms with Crippen LogP contribution in [0.3, 0.4) is 0 Å². The van der Waals surface area contributed by atoms with E-state index in [4.69, 9.17) is 10.5 Å². The first-order chi connectivity index (χ1) is 10.5. The number of hydrogen-bond donors (Lipinski definition) is 2. The number of methoxy groups -OCH3 is 1. The molecule has 0 aromatic heterocycles. The van der Waals surface area contributed by atoms with Crippen molar-refractivity contribution in [3.05, 3.63) is 28.2 Å². The van der Waals surface area contributed by atoms with Gasteiger partial charge in [-0.05, 0) is 37.0 Å². The lowest BCUT2D eigenvalue weighted by Gasteiger charge is -2.12. The molecular formula is C16H21BrN2O3. The Morgan fingerprint density at radius 3 is 2.77 bits per heavy atom. The van der Waals surface area contributed by atoms with Crippen LogP contribution in [0.1, 0.15) is 36.0 Å². The number of nitrogens with one attached hydrogen (secondary N) is 1. The Kier molecular flexibility index (Phi) is 5.97. The lowest BCUT2D eigenvalue weighted by Crippen LogP contribution is -2.38. The second-order valence-corrected chi connectivity index (χ2v) is 6.49. The molecule has 0 spiro atoms. The van der Waals surface area contributed by atoms with E-state index in [9.17, 15) is 9.59 Å².